The van der Waals surface area contributed by atoms with Gasteiger partial charge in [-0.15, -0.1) is 0 Å². The molecule has 1 aliphatic carbocycles. The zero-order chi connectivity index (χ0) is 11.8. The first kappa shape index (κ1) is 11.8. The molecule has 1 fully saturated rings. The number of halogens is 1. The van der Waals surface area contributed by atoms with Gasteiger partial charge in [0.2, 0.25) is 10.0 Å². The van der Waals surface area contributed by atoms with E-state index in [9.17, 15) is 8.42 Å². The predicted molar refractivity (Wildman–Crippen MR) is 61.8 cm³/mol. The molecule has 0 spiro atoms. The van der Waals surface area contributed by atoms with Gasteiger partial charge in [0.05, 0.1) is 0 Å². The summed E-state index contributed by atoms with van der Waals surface area (Å²) in [6.07, 6.45) is 3.37. The second-order valence-corrected chi connectivity index (χ2v) is 5.96. The van der Waals surface area contributed by atoms with Gasteiger partial charge in [0, 0.05) is 12.2 Å². The molecule has 0 amide bonds. The SMILES string of the molecule is CCC1CC1NS(=O)(=O)c1cccnc1Cl. The lowest BCUT2D eigenvalue weighted by Crippen LogP contribution is -2.27. The van der Waals surface area contributed by atoms with Gasteiger partial charge in [-0.1, -0.05) is 24.9 Å². The molecule has 1 aromatic heterocycles. The first-order valence-corrected chi connectivity index (χ1v) is 7.03. The van der Waals surface area contributed by atoms with E-state index in [-0.39, 0.29) is 16.1 Å². The molecule has 2 atom stereocenters. The Morgan fingerprint density at radius 3 is 2.94 bits per heavy atom. The van der Waals surface area contributed by atoms with Crippen LogP contribution in [-0.2, 0) is 10.0 Å². The third-order valence-electron chi connectivity index (χ3n) is 2.77. The van der Waals surface area contributed by atoms with E-state index in [1.165, 1.54) is 12.3 Å². The molecule has 4 nitrogen and oxygen atoms in total. The average Bonchev–Trinajstić information content (AvgIpc) is 2.96. The quantitative estimate of drug-likeness (QED) is 0.840. The number of hydrogen-bond donors (Lipinski definition) is 1. The Hall–Kier alpha value is -0.650. The fourth-order valence-corrected chi connectivity index (χ4v) is 3.45. The van der Waals surface area contributed by atoms with Crippen LogP contribution in [0.3, 0.4) is 0 Å². The van der Waals surface area contributed by atoms with Crippen molar-refractivity contribution in [2.24, 2.45) is 5.92 Å². The minimum absolute atomic E-state index is 0.0173. The Bertz CT molecular complexity index is 489. The molecule has 2 unspecified atom stereocenters. The van der Waals surface area contributed by atoms with Crippen LogP contribution in [0.4, 0.5) is 0 Å². The van der Waals surface area contributed by atoms with Gasteiger partial charge in [0.1, 0.15) is 10.0 Å². The van der Waals surface area contributed by atoms with Gasteiger partial charge in [-0.05, 0) is 24.5 Å². The van der Waals surface area contributed by atoms with Crippen molar-refractivity contribution in [1.29, 1.82) is 0 Å². The molecule has 0 radical (unpaired) electrons. The molecule has 1 saturated carbocycles. The highest BCUT2D eigenvalue weighted by molar-refractivity contribution is 7.89. The lowest BCUT2D eigenvalue weighted by atomic mass is 10.3. The van der Waals surface area contributed by atoms with E-state index in [4.69, 9.17) is 11.6 Å². The van der Waals surface area contributed by atoms with E-state index in [1.807, 2.05) is 0 Å². The molecular weight excluding hydrogens is 248 g/mol. The monoisotopic (exact) mass is 260 g/mol. The Labute approximate surface area is 100 Å². The van der Waals surface area contributed by atoms with Gasteiger partial charge in [-0.3, -0.25) is 0 Å². The van der Waals surface area contributed by atoms with Crippen molar-refractivity contribution in [3.63, 3.8) is 0 Å². The smallest absolute Gasteiger partial charge is 0.243 e. The maximum Gasteiger partial charge on any atom is 0.243 e. The first-order valence-electron chi connectivity index (χ1n) is 5.17. The molecule has 16 heavy (non-hydrogen) atoms. The number of nitrogens with one attached hydrogen (secondary N) is 1. The molecule has 88 valence electrons. The average molecular weight is 261 g/mol. The summed E-state index contributed by atoms with van der Waals surface area (Å²) in [7, 11) is -3.52. The van der Waals surface area contributed by atoms with E-state index >= 15 is 0 Å². The zero-order valence-corrected chi connectivity index (χ0v) is 10.4. The van der Waals surface area contributed by atoms with Gasteiger partial charge in [-0.25, -0.2) is 18.1 Å². The number of aromatic nitrogens is 1. The fourth-order valence-electron chi connectivity index (χ4n) is 1.68. The summed E-state index contributed by atoms with van der Waals surface area (Å²) in [4.78, 5) is 3.81. The highest BCUT2D eigenvalue weighted by Gasteiger charge is 2.39. The molecule has 2 rings (SSSR count). The summed E-state index contributed by atoms with van der Waals surface area (Å²) in [5, 5.41) is 0.0173. The molecule has 0 aliphatic heterocycles. The van der Waals surface area contributed by atoms with Gasteiger partial charge in [0.15, 0.2) is 0 Å². The summed E-state index contributed by atoms with van der Waals surface area (Å²) in [6.45, 7) is 2.05. The fraction of sp³-hybridized carbons (Fsp3) is 0.500. The van der Waals surface area contributed by atoms with Crippen molar-refractivity contribution in [2.45, 2.75) is 30.7 Å². The van der Waals surface area contributed by atoms with Crippen molar-refractivity contribution in [1.82, 2.24) is 9.71 Å². The molecule has 1 N–H and O–H groups in total. The van der Waals surface area contributed by atoms with Crippen LogP contribution in [0.25, 0.3) is 0 Å². The lowest BCUT2D eigenvalue weighted by molar-refractivity contribution is 0.575. The molecule has 0 bridgehead atoms. The predicted octanol–water partition coefficient (Wildman–Crippen LogP) is 1.81. The van der Waals surface area contributed by atoms with E-state index in [2.05, 4.69) is 16.6 Å². The summed E-state index contributed by atoms with van der Waals surface area (Å²) in [6, 6.07) is 3.08. The topological polar surface area (TPSA) is 59.1 Å². The zero-order valence-electron chi connectivity index (χ0n) is 8.85. The molecule has 0 aromatic carbocycles. The Balaban J connectivity index is 2.17. The van der Waals surface area contributed by atoms with Crippen LogP contribution in [0.5, 0.6) is 0 Å². The van der Waals surface area contributed by atoms with Crippen LogP contribution in [0, 0.1) is 5.92 Å². The Morgan fingerprint density at radius 1 is 1.62 bits per heavy atom. The molecular formula is C10H13ClN2O2S. The number of sulfonamides is 1. The third-order valence-corrected chi connectivity index (χ3v) is 4.70. The lowest BCUT2D eigenvalue weighted by Gasteiger charge is -2.06. The van der Waals surface area contributed by atoms with E-state index < -0.39 is 10.0 Å². The summed E-state index contributed by atoms with van der Waals surface area (Å²) >= 11 is 5.75. The normalized spacial score (nSPS) is 24.4. The van der Waals surface area contributed by atoms with Crippen molar-refractivity contribution in [3.05, 3.63) is 23.5 Å². The third kappa shape index (κ3) is 2.36. The van der Waals surface area contributed by atoms with Crippen LogP contribution in [-0.4, -0.2) is 19.4 Å². The number of hydrogen-bond acceptors (Lipinski definition) is 3. The standard InChI is InChI=1S/C10H13ClN2O2S/c1-2-7-6-8(7)13-16(14,15)9-4-3-5-12-10(9)11/h3-5,7-8,13H,2,6H2,1H3. The summed E-state index contributed by atoms with van der Waals surface area (Å²) < 4.78 is 26.5. The summed E-state index contributed by atoms with van der Waals surface area (Å²) in [5.41, 5.74) is 0. The molecule has 1 aromatic rings. The largest absolute Gasteiger partial charge is 0.243 e. The van der Waals surface area contributed by atoms with Gasteiger partial charge in [-0.2, -0.15) is 0 Å². The Kier molecular flexibility index (Phi) is 3.19. The van der Waals surface area contributed by atoms with Crippen LogP contribution in [0.2, 0.25) is 5.15 Å². The van der Waals surface area contributed by atoms with Crippen molar-refractivity contribution >= 4 is 21.6 Å². The highest BCUT2D eigenvalue weighted by atomic mass is 35.5. The van der Waals surface area contributed by atoms with Gasteiger partial charge >= 0.3 is 0 Å². The maximum atomic E-state index is 11.9. The summed E-state index contributed by atoms with van der Waals surface area (Å²) in [5.74, 6) is 0.463. The number of rotatable bonds is 4. The first-order chi connectivity index (χ1) is 7.54. The van der Waals surface area contributed by atoms with E-state index in [0.717, 1.165) is 12.8 Å². The molecule has 1 aliphatic rings. The van der Waals surface area contributed by atoms with Gasteiger partial charge in [0.25, 0.3) is 0 Å². The van der Waals surface area contributed by atoms with Crippen molar-refractivity contribution < 1.29 is 8.42 Å². The Morgan fingerprint density at radius 2 is 2.38 bits per heavy atom. The van der Waals surface area contributed by atoms with Crippen LogP contribution >= 0.6 is 11.6 Å². The van der Waals surface area contributed by atoms with E-state index in [1.54, 1.807) is 6.07 Å². The second-order valence-electron chi connectivity index (χ2n) is 3.92. The maximum absolute atomic E-state index is 11.9. The van der Waals surface area contributed by atoms with Crippen LogP contribution < -0.4 is 4.72 Å². The molecule has 0 saturated heterocycles. The molecule has 6 heteroatoms. The number of pyridine rings is 1. The van der Waals surface area contributed by atoms with Crippen LogP contribution in [0.15, 0.2) is 23.2 Å². The van der Waals surface area contributed by atoms with Gasteiger partial charge < -0.3 is 0 Å². The van der Waals surface area contributed by atoms with Crippen LogP contribution in [0.1, 0.15) is 19.8 Å². The minimum Gasteiger partial charge on any atom is -0.243 e. The number of nitrogens with zero attached hydrogens (tertiary/aromatic N) is 1. The highest BCUT2D eigenvalue weighted by Crippen LogP contribution is 2.34. The van der Waals surface area contributed by atoms with Crippen molar-refractivity contribution in [3.8, 4) is 0 Å². The van der Waals surface area contributed by atoms with Crippen molar-refractivity contribution in [2.75, 3.05) is 0 Å². The van der Waals surface area contributed by atoms with E-state index in [0.29, 0.717) is 5.92 Å². The minimum atomic E-state index is -3.52. The molecule has 1 heterocycles. The second kappa shape index (κ2) is 4.31.